The second-order valence-electron chi connectivity index (χ2n) is 6.39. The highest BCUT2D eigenvalue weighted by molar-refractivity contribution is 6.30. The molecule has 2 heterocycles. The zero-order chi connectivity index (χ0) is 17.6. The van der Waals surface area contributed by atoms with Gasteiger partial charge in [0.15, 0.2) is 0 Å². The predicted octanol–water partition coefficient (Wildman–Crippen LogP) is 2.77. The summed E-state index contributed by atoms with van der Waals surface area (Å²) >= 11 is 5.79. The molecule has 1 aromatic heterocycles. The van der Waals surface area contributed by atoms with Crippen LogP contribution < -0.4 is 5.32 Å². The number of anilines is 1. The highest BCUT2D eigenvalue weighted by Gasteiger charge is 2.30. The van der Waals surface area contributed by atoms with Gasteiger partial charge in [-0.3, -0.25) is 9.69 Å². The van der Waals surface area contributed by atoms with Gasteiger partial charge in [0, 0.05) is 25.3 Å². The quantitative estimate of drug-likeness (QED) is 0.861. The summed E-state index contributed by atoms with van der Waals surface area (Å²) in [5.41, 5.74) is 1.26. The second kappa shape index (κ2) is 8.43. The third-order valence-corrected chi connectivity index (χ3v) is 4.87. The van der Waals surface area contributed by atoms with E-state index in [1.54, 1.807) is 12.1 Å². The molecule has 2 N–H and O–H groups in total. The van der Waals surface area contributed by atoms with Crippen molar-refractivity contribution in [2.24, 2.45) is 5.92 Å². The Bertz CT molecular complexity index is 694. The first kappa shape index (κ1) is 17.9. The van der Waals surface area contributed by atoms with Crippen molar-refractivity contribution < 1.29 is 9.90 Å². The van der Waals surface area contributed by atoms with Crippen molar-refractivity contribution >= 4 is 23.3 Å². The van der Waals surface area contributed by atoms with Crippen molar-refractivity contribution in [1.82, 2.24) is 9.88 Å². The van der Waals surface area contributed by atoms with Crippen LogP contribution in [0.4, 0.5) is 5.82 Å². The topological polar surface area (TPSA) is 65.5 Å². The van der Waals surface area contributed by atoms with Crippen molar-refractivity contribution in [2.45, 2.75) is 12.3 Å². The van der Waals surface area contributed by atoms with Crippen LogP contribution in [-0.4, -0.2) is 47.1 Å². The summed E-state index contributed by atoms with van der Waals surface area (Å²) in [6.45, 7) is 1.95. The molecule has 0 spiro atoms. The van der Waals surface area contributed by atoms with Gasteiger partial charge in [0.05, 0.1) is 11.6 Å². The summed E-state index contributed by atoms with van der Waals surface area (Å²) in [5.74, 6) is 0.859. The van der Waals surface area contributed by atoms with Gasteiger partial charge in [0.1, 0.15) is 5.82 Å². The van der Waals surface area contributed by atoms with E-state index in [1.165, 1.54) is 11.8 Å². The molecule has 1 aliphatic rings. The highest BCUT2D eigenvalue weighted by Crippen LogP contribution is 2.32. The second-order valence-corrected chi connectivity index (χ2v) is 6.83. The van der Waals surface area contributed by atoms with Crippen LogP contribution in [-0.2, 0) is 4.79 Å². The molecule has 1 aromatic carbocycles. The van der Waals surface area contributed by atoms with Crippen LogP contribution in [0.5, 0.6) is 0 Å². The Kier molecular flexibility index (Phi) is 6.02. The molecule has 0 aliphatic carbocycles. The normalized spacial score (nSPS) is 21.0. The maximum absolute atomic E-state index is 12.2. The smallest absolute Gasteiger partial charge is 0.239 e. The summed E-state index contributed by atoms with van der Waals surface area (Å²) in [4.78, 5) is 18.4. The SMILES string of the molecule is O=C(CN1CC[C@@H](c2ccccc2)[C@@H](CO)C1)Nc1ccc(Cl)cn1. The molecular formula is C19H22ClN3O2. The number of likely N-dealkylation sites (tertiary alicyclic amines) is 1. The van der Waals surface area contributed by atoms with Crippen molar-refractivity contribution in [1.29, 1.82) is 0 Å². The van der Waals surface area contributed by atoms with Gasteiger partial charge in [-0.2, -0.15) is 0 Å². The standard InChI is InChI=1S/C19H22ClN3O2/c20-16-6-7-18(21-10-16)22-19(25)12-23-9-8-17(15(11-23)13-24)14-4-2-1-3-5-14/h1-7,10,15,17,24H,8-9,11-13H2,(H,21,22,25)/t15-,17+/m1/s1. The number of hydrogen-bond acceptors (Lipinski definition) is 4. The Labute approximate surface area is 152 Å². The van der Waals surface area contributed by atoms with Crippen molar-refractivity contribution in [3.05, 3.63) is 59.2 Å². The number of aromatic nitrogens is 1. The molecule has 1 saturated heterocycles. The zero-order valence-corrected chi connectivity index (χ0v) is 14.7. The number of aliphatic hydroxyl groups excluding tert-OH is 1. The van der Waals surface area contributed by atoms with Gasteiger partial charge in [-0.05, 0) is 36.6 Å². The molecule has 0 radical (unpaired) electrons. The molecular weight excluding hydrogens is 338 g/mol. The van der Waals surface area contributed by atoms with Crippen molar-refractivity contribution in [3.8, 4) is 0 Å². The number of nitrogens with zero attached hydrogens (tertiary/aromatic N) is 2. The Balaban J connectivity index is 1.56. The summed E-state index contributed by atoms with van der Waals surface area (Å²) in [6.07, 6.45) is 2.44. The van der Waals surface area contributed by atoms with E-state index in [4.69, 9.17) is 11.6 Å². The number of hydrogen-bond donors (Lipinski definition) is 2. The fraction of sp³-hybridized carbons (Fsp3) is 0.368. The number of piperidine rings is 1. The Morgan fingerprint density at radius 2 is 2.08 bits per heavy atom. The predicted molar refractivity (Wildman–Crippen MR) is 98.7 cm³/mol. The molecule has 0 bridgehead atoms. The van der Waals surface area contributed by atoms with E-state index in [2.05, 4.69) is 27.3 Å². The van der Waals surface area contributed by atoms with E-state index < -0.39 is 0 Å². The van der Waals surface area contributed by atoms with E-state index in [-0.39, 0.29) is 18.4 Å². The number of nitrogens with one attached hydrogen (secondary N) is 1. The molecule has 2 aromatic rings. The van der Waals surface area contributed by atoms with E-state index >= 15 is 0 Å². The molecule has 6 heteroatoms. The lowest BCUT2D eigenvalue weighted by molar-refractivity contribution is -0.117. The first-order valence-electron chi connectivity index (χ1n) is 8.45. The maximum Gasteiger partial charge on any atom is 0.239 e. The molecule has 3 rings (SSSR count). The Morgan fingerprint density at radius 1 is 1.28 bits per heavy atom. The monoisotopic (exact) mass is 359 g/mol. The first-order chi connectivity index (χ1) is 12.2. The Hall–Kier alpha value is -1.95. The van der Waals surface area contributed by atoms with E-state index in [0.717, 1.165) is 13.0 Å². The van der Waals surface area contributed by atoms with Gasteiger partial charge in [-0.25, -0.2) is 4.98 Å². The van der Waals surface area contributed by atoms with Crippen LogP contribution in [0.1, 0.15) is 17.9 Å². The van der Waals surface area contributed by atoms with Crippen molar-refractivity contribution in [3.63, 3.8) is 0 Å². The molecule has 0 saturated carbocycles. The van der Waals surface area contributed by atoms with Gasteiger partial charge >= 0.3 is 0 Å². The number of pyridine rings is 1. The third kappa shape index (κ3) is 4.78. The average molecular weight is 360 g/mol. The Morgan fingerprint density at radius 3 is 2.76 bits per heavy atom. The summed E-state index contributed by atoms with van der Waals surface area (Å²) in [5, 5.41) is 13.1. The lowest BCUT2D eigenvalue weighted by Gasteiger charge is -2.37. The largest absolute Gasteiger partial charge is 0.396 e. The molecule has 5 nitrogen and oxygen atoms in total. The summed E-state index contributed by atoms with van der Waals surface area (Å²) in [6, 6.07) is 13.7. The van der Waals surface area contributed by atoms with Crippen LogP contribution >= 0.6 is 11.6 Å². The van der Waals surface area contributed by atoms with Crippen molar-refractivity contribution in [2.75, 3.05) is 31.6 Å². The lowest BCUT2D eigenvalue weighted by Crippen LogP contribution is -2.44. The average Bonchev–Trinajstić information content (AvgIpc) is 2.64. The molecule has 0 unspecified atom stereocenters. The van der Waals surface area contributed by atoms with Crippen LogP contribution in [0.2, 0.25) is 5.02 Å². The minimum atomic E-state index is -0.107. The molecule has 1 fully saturated rings. The molecule has 132 valence electrons. The van der Waals surface area contributed by atoms with Gasteiger partial charge in [-0.15, -0.1) is 0 Å². The highest BCUT2D eigenvalue weighted by atomic mass is 35.5. The van der Waals surface area contributed by atoms with Crippen LogP contribution in [0.25, 0.3) is 0 Å². The summed E-state index contributed by atoms with van der Waals surface area (Å²) in [7, 11) is 0. The fourth-order valence-electron chi connectivity index (χ4n) is 3.41. The maximum atomic E-state index is 12.2. The number of halogens is 1. The number of amides is 1. The van der Waals surface area contributed by atoms with E-state index in [1.807, 2.05) is 18.2 Å². The van der Waals surface area contributed by atoms with Gasteiger partial charge in [0.25, 0.3) is 0 Å². The van der Waals surface area contributed by atoms with Gasteiger partial charge in [-0.1, -0.05) is 41.9 Å². The molecule has 1 amide bonds. The third-order valence-electron chi connectivity index (χ3n) is 4.64. The minimum absolute atomic E-state index is 0.107. The number of rotatable bonds is 5. The van der Waals surface area contributed by atoms with E-state index in [0.29, 0.717) is 29.8 Å². The molecule has 2 atom stereocenters. The lowest BCUT2D eigenvalue weighted by atomic mass is 9.81. The molecule has 25 heavy (non-hydrogen) atoms. The zero-order valence-electron chi connectivity index (χ0n) is 13.9. The van der Waals surface area contributed by atoms with E-state index in [9.17, 15) is 9.90 Å². The summed E-state index contributed by atoms with van der Waals surface area (Å²) < 4.78 is 0. The van der Waals surface area contributed by atoms with Crippen LogP contribution in [0.15, 0.2) is 48.7 Å². The van der Waals surface area contributed by atoms with Gasteiger partial charge < -0.3 is 10.4 Å². The number of carbonyl (C=O) groups excluding carboxylic acids is 1. The van der Waals surface area contributed by atoms with Crippen LogP contribution in [0.3, 0.4) is 0 Å². The molecule has 1 aliphatic heterocycles. The van der Waals surface area contributed by atoms with Crippen LogP contribution in [0, 0.1) is 5.92 Å². The minimum Gasteiger partial charge on any atom is -0.396 e. The number of carbonyl (C=O) groups is 1. The van der Waals surface area contributed by atoms with Gasteiger partial charge in [0.2, 0.25) is 5.91 Å². The number of benzene rings is 1. The number of aliphatic hydroxyl groups is 1. The first-order valence-corrected chi connectivity index (χ1v) is 8.83. The fourth-order valence-corrected chi connectivity index (χ4v) is 3.52.